The molecule has 1 aromatic rings. The minimum Gasteiger partial charge on any atom is -0.490 e. The molecule has 0 saturated carbocycles. The first-order valence-corrected chi connectivity index (χ1v) is 8.32. The minimum atomic E-state index is -0.574. The lowest BCUT2D eigenvalue weighted by Gasteiger charge is -2.14. The lowest BCUT2D eigenvalue weighted by Crippen LogP contribution is -2.22. The van der Waals surface area contributed by atoms with Crippen LogP contribution in [0.15, 0.2) is 22.3 Å². The summed E-state index contributed by atoms with van der Waals surface area (Å²) >= 11 is 3.36. The van der Waals surface area contributed by atoms with Gasteiger partial charge in [-0.3, -0.25) is 10.1 Å². The highest BCUT2D eigenvalue weighted by atomic mass is 79.9. The number of esters is 1. The Bertz CT molecular complexity index is 732. The number of rotatable bonds is 7. The van der Waals surface area contributed by atoms with Gasteiger partial charge in [-0.25, -0.2) is 9.59 Å². The van der Waals surface area contributed by atoms with Crippen molar-refractivity contribution in [2.45, 2.75) is 13.8 Å². The molecule has 1 aliphatic rings. The number of nitrogens with one attached hydrogen (secondary N) is 2. The smallest absolute Gasteiger partial charge is 0.344 e. The van der Waals surface area contributed by atoms with Crippen LogP contribution in [0, 0.1) is 0 Å². The molecule has 25 heavy (non-hydrogen) atoms. The van der Waals surface area contributed by atoms with E-state index in [1.165, 1.54) is 6.08 Å². The molecule has 0 unspecified atom stereocenters. The Morgan fingerprint density at radius 3 is 2.52 bits per heavy atom. The van der Waals surface area contributed by atoms with Crippen molar-refractivity contribution in [3.8, 4) is 11.5 Å². The van der Waals surface area contributed by atoms with Crippen molar-refractivity contribution in [2.24, 2.45) is 0 Å². The molecular formula is C16H17BrN2O6. The summed E-state index contributed by atoms with van der Waals surface area (Å²) in [6.07, 6.45) is 1.50. The molecule has 1 saturated heterocycles. The lowest BCUT2D eigenvalue weighted by atomic mass is 10.1. The third kappa shape index (κ3) is 4.96. The summed E-state index contributed by atoms with van der Waals surface area (Å²) < 4.78 is 16.4. The van der Waals surface area contributed by atoms with Gasteiger partial charge in [0.1, 0.15) is 5.70 Å². The molecule has 3 amide bonds. The second kappa shape index (κ2) is 8.52. The predicted octanol–water partition coefficient (Wildman–Crippen LogP) is 1.97. The number of urea groups is 1. The molecule has 1 aliphatic heterocycles. The van der Waals surface area contributed by atoms with Crippen LogP contribution in [0.25, 0.3) is 6.08 Å². The van der Waals surface area contributed by atoms with Crippen LogP contribution in [0.2, 0.25) is 0 Å². The first kappa shape index (κ1) is 18.8. The monoisotopic (exact) mass is 412 g/mol. The minimum absolute atomic E-state index is 0.125. The molecule has 0 aromatic heterocycles. The van der Waals surface area contributed by atoms with Crippen LogP contribution < -0.4 is 20.1 Å². The van der Waals surface area contributed by atoms with Gasteiger partial charge >= 0.3 is 12.0 Å². The van der Waals surface area contributed by atoms with Crippen molar-refractivity contribution in [1.29, 1.82) is 0 Å². The molecule has 2 rings (SSSR count). The van der Waals surface area contributed by atoms with Gasteiger partial charge < -0.3 is 19.5 Å². The zero-order chi connectivity index (χ0) is 18.4. The van der Waals surface area contributed by atoms with E-state index >= 15 is 0 Å². The average molecular weight is 413 g/mol. The predicted molar refractivity (Wildman–Crippen MR) is 92.1 cm³/mol. The van der Waals surface area contributed by atoms with Crippen molar-refractivity contribution in [2.75, 3.05) is 19.8 Å². The van der Waals surface area contributed by atoms with Crippen LogP contribution in [-0.4, -0.2) is 37.7 Å². The maximum absolute atomic E-state index is 11.6. The Kier molecular flexibility index (Phi) is 6.40. The number of amides is 3. The van der Waals surface area contributed by atoms with Crippen molar-refractivity contribution in [3.05, 3.63) is 27.9 Å². The van der Waals surface area contributed by atoms with Gasteiger partial charge in [-0.2, -0.15) is 0 Å². The van der Waals surface area contributed by atoms with Gasteiger partial charge in [0, 0.05) is 0 Å². The van der Waals surface area contributed by atoms with Crippen molar-refractivity contribution < 1.29 is 28.6 Å². The van der Waals surface area contributed by atoms with E-state index in [1.54, 1.807) is 26.0 Å². The molecule has 0 atom stereocenters. The summed E-state index contributed by atoms with van der Waals surface area (Å²) in [5.74, 6) is -0.273. The Hall–Kier alpha value is -2.55. The first-order valence-electron chi connectivity index (χ1n) is 7.53. The molecule has 9 heteroatoms. The molecular weight excluding hydrogens is 396 g/mol. The standard InChI is InChI=1S/C16H17BrN2O6/c1-3-23-12-7-9(6-11-15(21)19-16(22)18-11)5-10(17)14(12)25-8-13(20)24-4-2/h5-7H,3-4,8H2,1-2H3,(H2,18,19,21,22). The number of benzene rings is 1. The Morgan fingerprint density at radius 2 is 1.92 bits per heavy atom. The Morgan fingerprint density at radius 1 is 1.16 bits per heavy atom. The van der Waals surface area contributed by atoms with Crippen molar-refractivity contribution >= 4 is 39.9 Å². The van der Waals surface area contributed by atoms with Crippen LogP contribution in [0.4, 0.5) is 4.79 Å². The second-order valence-electron chi connectivity index (χ2n) is 4.82. The van der Waals surface area contributed by atoms with Crippen LogP contribution in [0.5, 0.6) is 11.5 Å². The lowest BCUT2D eigenvalue weighted by molar-refractivity contribution is -0.145. The first-order chi connectivity index (χ1) is 11.9. The summed E-state index contributed by atoms with van der Waals surface area (Å²) in [6.45, 7) is 3.89. The van der Waals surface area contributed by atoms with E-state index in [-0.39, 0.29) is 18.9 Å². The maximum Gasteiger partial charge on any atom is 0.344 e. The summed E-state index contributed by atoms with van der Waals surface area (Å²) in [6, 6.07) is 2.74. The normalized spacial score (nSPS) is 14.9. The molecule has 0 aliphatic carbocycles. The van der Waals surface area contributed by atoms with Crippen LogP contribution in [0.3, 0.4) is 0 Å². The number of hydrogen-bond donors (Lipinski definition) is 2. The number of imide groups is 1. The maximum atomic E-state index is 11.6. The summed E-state index contributed by atoms with van der Waals surface area (Å²) in [5, 5.41) is 4.53. The van der Waals surface area contributed by atoms with Gasteiger partial charge in [0.2, 0.25) is 0 Å². The second-order valence-corrected chi connectivity index (χ2v) is 5.68. The van der Waals surface area contributed by atoms with Gasteiger partial charge in [0.25, 0.3) is 5.91 Å². The van der Waals surface area contributed by atoms with Gasteiger partial charge in [-0.15, -0.1) is 0 Å². The largest absolute Gasteiger partial charge is 0.490 e. The van der Waals surface area contributed by atoms with Gasteiger partial charge in [-0.1, -0.05) is 0 Å². The van der Waals surface area contributed by atoms with Crippen molar-refractivity contribution in [1.82, 2.24) is 10.6 Å². The van der Waals surface area contributed by atoms with E-state index in [9.17, 15) is 14.4 Å². The van der Waals surface area contributed by atoms with Crippen LogP contribution >= 0.6 is 15.9 Å². The van der Waals surface area contributed by atoms with Gasteiger partial charge in [-0.05, 0) is 53.5 Å². The zero-order valence-corrected chi connectivity index (χ0v) is 15.3. The van der Waals surface area contributed by atoms with E-state index in [1.807, 2.05) is 0 Å². The summed E-state index contributed by atoms with van der Waals surface area (Å²) in [5.41, 5.74) is 0.728. The highest BCUT2D eigenvalue weighted by Gasteiger charge is 2.23. The number of ether oxygens (including phenoxy) is 3. The van der Waals surface area contributed by atoms with E-state index in [2.05, 4.69) is 26.6 Å². The quantitative estimate of drug-likeness (QED) is 0.403. The molecule has 0 bridgehead atoms. The Balaban J connectivity index is 2.27. The topological polar surface area (TPSA) is 103 Å². The fraction of sp³-hybridized carbons (Fsp3) is 0.312. The molecule has 2 N–H and O–H groups in total. The highest BCUT2D eigenvalue weighted by Crippen LogP contribution is 2.37. The average Bonchev–Trinajstić information content (AvgIpc) is 2.84. The fourth-order valence-corrected chi connectivity index (χ4v) is 2.63. The zero-order valence-electron chi connectivity index (χ0n) is 13.7. The SMILES string of the molecule is CCOC(=O)COc1c(Br)cc(C=C2NC(=O)NC2=O)cc1OCC. The van der Waals surface area contributed by atoms with Crippen molar-refractivity contribution in [3.63, 3.8) is 0 Å². The van der Waals surface area contributed by atoms with Crippen LogP contribution in [-0.2, 0) is 14.3 Å². The molecule has 8 nitrogen and oxygen atoms in total. The molecule has 1 heterocycles. The number of carbonyl (C=O) groups excluding carboxylic acids is 3. The highest BCUT2D eigenvalue weighted by molar-refractivity contribution is 9.10. The summed E-state index contributed by atoms with van der Waals surface area (Å²) in [7, 11) is 0. The van der Waals surface area contributed by atoms with Gasteiger partial charge in [0.05, 0.1) is 17.7 Å². The number of hydrogen-bond acceptors (Lipinski definition) is 6. The molecule has 1 aromatic carbocycles. The molecule has 0 radical (unpaired) electrons. The van der Waals surface area contributed by atoms with E-state index in [0.717, 1.165) is 0 Å². The fourth-order valence-electron chi connectivity index (χ4n) is 2.06. The van der Waals surface area contributed by atoms with E-state index in [4.69, 9.17) is 14.2 Å². The number of carbonyl (C=O) groups is 3. The van der Waals surface area contributed by atoms with Gasteiger partial charge in [0.15, 0.2) is 18.1 Å². The van der Waals surface area contributed by atoms with Crippen LogP contribution in [0.1, 0.15) is 19.4 Å². The number of halogens is 1. The third-order valence-electron chi connectivity index (χ3n) is 3.00. The molecule has 134 valence electrons. The van der Waals surface area contributed by atoms with E-state index < -0.39 is 17.9 Å². The summed E-state index contributed by atoms with van der Waals surface area (Å²) in [4.78, 5) is 34.2. The molecule has 1 fully saturated rings. The third-order valence-corrected chi connectivity index (χ3v) is 3.59. The van der Waals surface area contributed by atoms with E-state index in [0.29, 0.717) is 28.1 Å². The molecule has 0 spiro atoms. The Labute approximate surface area is 152 Å².